The van der Waals surface area contributed by atoms with Gasteiger partial charge >= 0.3 is 0 Å². The Bertz CT molecular complexity index is 503. The molecule has 1 aromatic carbocycles. The lowest BCUT2D eigenvalue weighted by Crippen LogP contribution is -2.29. The van der Waals surface area contributed by atoms with Crippen LogP contribution in [0.25, 0.3) is 0 Å². The van der Waals surface area contributed by atoms with Crippen molar-refractivity contribution in [3.8, 4) is 5.75 Å². The van der Waals surface area contributed by atoms with Gasteiger partial charge in [-0.15, -0.1) is 0 Å². The van der Waals surface area contributed by atoms with Crippen LogP contribution >= 0.6 is 0 Å². The second-order valence-corrected chi connectivity index (χ2v) is 4.81. The van der Waals surface area contributed by atoms with E-state index in [1.54, 1.807) is 18.2 Å². The molecule has 0 saturated carbocycles. The monoisotopic (exact) mass is 293 g/mol. The summed E-state index contributed by atoms with van der Waals surface area (Å²) in [5, 5.41) is 5.48. The number of nitrogens with one attached hydrogen (secondary N) is 2. The van der Waals surface area contributed by atoms with Crippen LogP contribution in [0.5, 0.6) is 5.75 Å². The van der Waals surface area contributed by atoms with Crippen molar-refractivity contribution in [2.75, 3.05) is 24.3 Å². The Hall–Kier alpha value is -2.08. The first-order valence-corrected chi connectivity index (χ1v) is 6.98. The Balaban J connectivity index is 2.84. The van der Waals surface area contributed by atoms with Crippen LogP contribution in [0, 0.1) is 5.92 Å². The van der Waals surface area contributed by atoms with Gasteiger partial charge in [0.2, 0.25) is 11.8 Å². The average Bonchev–Trinajstić information content (AvgIpc) is 2.45. The molecule has 6 heteroatoms. The Morgan fingerprint density at radius 2 is 2.05 bits per heavy atom. The minimum atomic E-state index is -0.198. The summed E-state index contributed by atoms with van der Waals surface area (Å²) in [6, 6.07) is 5.07. The highest BCUT2D eigenvalue weighted by Crippen LogP contribution is 2.28. The molecule has 0 fully saturated rings. The fraction of sp³-hybridized carbons (Fsp3) is 0.467. The van der Waals surface area contributed by atoms with E-state index < -0.39 is 0 Å². The second kappa shape index (κ2) is 8.26. The maximum atomic E-state index is 12.1. The number of methoxy groups -OCH3 is 1. The van der Waals surface area contributed by atoms with Crippen molar-refractivity contribution in [1.29, 1.82) is 0 Å². The highest BCUT2D eigenvalue weighted by Gasteiger charge is 2.16. The molecule has 1 atom stereocenters. The van der Waals surface area contributed by atoms with Gasteiger partial charge in [-0.3, -0.25) is 9.59 Å². The largest absolute Gasteiger partial charge is 0.494 e. The van der Waals surface area contributed by atoms with Crippen molar-refractivity contribution in [3.05, 3.63) is 18.2 Å². The fourth-order valence-corrected chi connectivity index (χ4v) is 2.01. The molecule has 1 aromatic rings. The van der Waals surface area contributed by atoms with Crippen molar-refractivity contribution in [3.63, 3.8) is 0 Å². The lowest BCUT2D eigenvalue weighted by atomic mass is 10.0. The zero-order chi connectivity index (χ0) is 15.8. The number of rotatable bonds is 7. The third-order valence-electron chi connectivity index (χ3n) is 3.07. The number of amides is 2. The Morgan fingerprint density at radius 3 is 2.57 bits per heavy atom. The quantitative estimate of drug-likeness (QED) is 0.716. The topological polar surface area (TPSA) is 93.5 Å². The summed E-state index contributed by atoms with van der Waals surface area (Å²) < 4.78 is 5.21. The first-order valence-electron chi connectivity index (χ1n) is 6.98. The van der Waals surface area contributed by atoms with Crippen LogP contribution in [-0.4, -0.2) is 25.5 Å². The van der Waals surface area contributed by atoms with Gasteiger partial charge in [-0.05, 0) is 18.6 Å². The zero-order valence-electron chi connectivity index (χ0n) is 12.7. The molecule has 6 nitrogen and oxygen atoms in total. The van der Waals surface area contributed by atoms with Crippen LogP contribution in [0.2, 0.25) is 0 Å². The Labute approximate surface area is 125 Å². The van der Waals surface area contributed by atoms with Crippen LogP contribution in [0.15, 0.2) is 18.2 Å². The highest BCUT2D eigenvalue weighted by atomic mass is 16.5. The first-order chi connectivity index (χ1) is 10.0. The molecule has 1 unspecified atom stereocenters. The van der Waals surface area contributed by atoms with E-state index in [-0.39, 0.29) is 17.7 Å². The molecule has 21 heavy (non-hydrogen) atoms. The van der Waals surface area contributed by atoms with Gasteiger partial charge in [0.15, 0.2) is 0 Å². The van der Waals surface area contributed by atoms with Crippen LogP contribution < -0.4 is 21.1 Å². The lowest BCUT2D eigenvalue weighted by Gasteiger charge is -2.15. The normalized spacial score (nSPS) is 11.6. The predicted octanol–water partition coefficient (Wildman–Crippen LogP) is 1.97. The van der Waals surface area contributed by atoms with E-state index in [1.165, 1.54) is 14.0 Å². The Kier molecular flexibility index (Phi) is 6.68. The van der Waals surface area contributed by atoms with E-state index in [0.29, 0.717) is 23.7 Å². The molecular weight excluding hydrogens is 270 g/mol. The third-order valence-corrected chi connectivity index (χ3v) is 3.07. The van der Waals surface area contributed by atoms with Crippen molar-refractivity contribution in [1.82, 2.24) is 0 Å². The van der Waals surface area contributed by atoms with Gasteiger partial charge in [-0.2, -0.15) is 0 Å². The van der Waals surface area contributed by atoms with Gasteiger partial charge in [-0.25, -0.2) is 0 Å². The number of anilines is 2. The summed E-state index contributed by atoms with van der Waals surface area (Å²) in [5.74, 6) is 0.00344. The SMILES string of the molecule is CCCC(CN)C(=O)Nc1ccc(NC(C)=O)c(OC)c1. The van der Waals surface area contributed by atoms with Crippen LogP contribution in [-0.2, 0) is 9.59 Å². The van der Waals surface area contributed by atoms with Gasteiger partial charge in [-0.1, -0.05) is 13.3 Å². The summed E-state index contributed by atoms with van der Waals surface area (Å²) in [5.41, 5.74) is 6.79. The molecule has 0 spiro atoms. The number of carbonyl (C=O) groups is 2. The molecule has 0 saturated heterocycles. The molecule has 0 aliphatic heterocycles. The molecule has 0 aromatic heterocycles. The summed E-state index contributed by atoms with van der Waals surface area (Å²) in [6.45, 7) is 3.76. The summed E-state index contributed by atoms with van der Waals surface area (Å²) in [4.78, 5) is 23.2. The van der Waals surface area contributed by atoms with Gasteiger partial charge < -0.3 is 21.1 Å². The molecule has 1 rings (SSSR count). The molecule has 0 radical (unpaired) electrons. The van der Waals surface area contributed by atoms with Gasteiger partial charge in [0, 0.05) is 25.2 Å². The maximum absolute atomic E-state index is 12.1. The molecule has 0 aliphatic carbocycles. The van der Waals surface area contributed by atoms with E-state index in [9.17, 15) is 9.59 Å². The Morgan fingerprint density at radius 1 is 1.33 bits per heavy atom. The minimum Gasteiger partial charge on any atom is -0.494 e. The molecule has 2 amide bonds. The zero-order valence-corrected chi connectivity index (χ0v) is 12.7. The molecule has 0 aliphatic rings. The number of hydrogen-bond donors (Lipinski definition) is 3. The number of nitrogens with two attached hydrogens (primary N) is 1. The summed E-state index contributed by atoms with van der Waals surface area (Å²) >= 11 is 0. The summed E-state index contributed by atoms with van der Waals surface area (Å²) in [6.07, 6.45) is 1.66. The van der Waals surface area contributed by atoms with E-state index in [2.05, 4.69) is 10.6 Å². The highest BCUT2D eigenvalue weighted by molar-refractivity contribution is 5.94. The van der Waals surface area contributed by atoms with Gasteiger partial charge in [0.1, 0.15) is 5.75 Å². The van der Waals surface area contributed by atoms with Gasteiger partial charge in [0.25, 0.3) is 0 Å². The van der Waals surface area contributed by atoms with Crippen molar-refractivity contribution in [2.45, 2.75) is 26.7 Å². The van der Waals surface area contributed by atoms with E-state index in [0.717, 1.165) is 12.8 Å². The fourth-order valence-electron chi connectivity index (χ4n) is 2.01. The smallest absolute Gasteiger partial charge is 0.228 e. The first kappa shape index (κ1) is 17.0. The molecule has 0 heterocycles. The lowest BCUT2D eigenvalue weighted by molar-refractivity contribution is -0.119. The van der Waals surface area contributed by atoms with Gasteiger partial charge in [0.05, 0.1) is 18.7 Å². The second-order valence-electron chi connectivity index (χ2n) is 4.81. The van der Waals surface area contributed by atoms with Crippen LogP contribution in [0.3, 0.4) is 0 Å². The van der Waals surface area contributed by atoms with E-state index >= 15 is 0 Å². The van der Waals surface area contributed by atoms with E-state index in [4.69, 9.17) is 10.5 Å². The van der Waals surface area contributed by atoms with Crippen LogP contribution in [0.4, 0.5) is 11.4 Å². The molecular formula is C15H23N3O3. The van der Waals surface area contributed by atoms with Crippen molar-refractivity contribution < 1.29 is 14.3 Å². The standard InChI is InChI=1S/C15H23N3O3/c1-4-5-11(9-16)15(20)18-12-6-7-13(17-10(2)19)14(8-12)21-3/h6-8,11H,4-5,9,16H2,1-3H3,(H,17,19)(H,18,20). The van der Waals surface area contributed by atoms with Crippen molar-refractivity contribution >= 4 is 23.2 Å². The number of carbonyl (C=O) groups excluding carboxylic acids is 2. The summed E-state index contributed by atoms with van der Waals surface area (Å²) in [7, 11) is 1.51. The number of benzene rings is 1. The number of ether oxygens (including phenoxy) is 1. The molecule has 116 valence electrons. The van der Waals surface area contributed by atoms with Crippen molar-refractivity contribution in [2.24, 2.45) is 11.7 Å². The van der Waals surface area contributed by atoms with E-state index in [1.807, 2.05) is 6.92 Å². The third kappa shape index (κ3) is 5.07. The molecule has 0 bridgehead atoms. The maximum Gasteiger partial charge on any atom is 0.228 e. The van der Waals surface area contributed by atoms with Crippen LogP contribution in [0.1, 0.15) is 26.7 Å². The molecule has 4 N–H and O–H groups in total. The minimum absolute atomic E-state index is 0.103. The number of hydrogen-bond acceptors (Lipinski definition) is 4. The predicted molar refractivity (Wildman–Crippen MR) is 83.4 cm³/mol. The average molecular weight is 293 g/mol.